The van der Waals surface area contributed by atoms with Crippen molar-refractivity contribution in [2.75, 3.05) is 29.6 Å². The number of para-hydroxylation sites is 1. The topological polar surface area (TPSA) is 72.0 Å². The molecular weight excluding hydrogens is 414 g/mol. The molecule has 31 heavy (non-hydrogen) atoms. The van der Waals surface area contributed by atoms with Crippen LogP contribution in [0.1, 0.15) is 12.1 Å². The number of aryl methyl sites for hydroxylation is 1. The highest BCUT2D eigenvalue weighted by molar-refractivity contribution is 7.14. The maximum Gasteiger partial charge on any atom is 0.238 e. The molecular formula is C23H21N3O4S. The number of amides is 2. The van der Waals surface area contributed by atoms with Crippen LogP contribution < -0.4 is 19.3 Å². The second-order valence-corrected chi connectivity index (χ2v) is 8.35. The smallest absolute Gasteiger partial charge is 0.238 e. The van der Waals surface area contributed by atoms with E-state index in [0.29, 0.717) is 42.1 Å². The van der Waals surface area contributed by atoms with E-state index in [1.54, 1.807) is 21.9 Å². The molecule has 5 rings (SSSR count). The van der Waals surface area contributed by atoms with Crippen LogP contribution in [0, 0.1) is 12.8 Å². The summed E-state index contributed by atoms with van der Waals surface area (Å²) in [4.78, 5) is 34.2. The fourth-order valence-corrected chi connectivity index (χ4v) is 4.68. The number of fused-ring (bicyclic) bond motifs is 1. The number of nitrogens with zero attached hydrogens (tertiary/aromatic N) is 3. The summed E-state index contributed by atoms with van der Waals surface area (Å²) in [6.45, 7) is 3.20. The number of carbonyl (C=O) groups is 2. The molecule has 2 amide bonds. The summed E-state index contributed by atoms with van der Waals surface area (Å²) in [5, 5.41) is 2.53. The fourth-order valence-electron chi connectivity index (χ4n) is 3.86. The lowest BCUT2D eigenvalue weighted by molar-refractivity contribution is -0.123. The number of hydrogen-bond acceptors (Lipinski definition) is 6. The van der Waals surface area contributed by atoms with Gasteiger partial charge in [0.1, 0.15) is 13.2 Å². The lowest BCUT2D eigenvalue weighted by Gasteiger charge is -2.24. The number of aromatic nitrogens is 1. The molecule has 2 aromatic carbocycles. The summed E-state index contributed by atoms with van der Waals surface area (Å²) >= 11 is 1.42. The van der Waals surface area contributed by atoms with E-state index in [0.717, 1.165) is 11.4 Å². The van der Waals surface area contributed by atoms with E-state index in [1.807, 2.05) is 48.7 Å². The zero-order valence-corrected chi connectivity index (χ0v) is 17.8. The predicted molar refractivity (Wildman–Crippen MR) is 118 cm³/mol. The Kier molecular flexibility index (Phi) is 5.07. The number of thiazole rings is 1. The van der Waals surface area contributed by atoms with Crippen molar-refractivity contribution in [3.05, 3.63) is 59.6 Å². The molecule has 1 fully saturated rings. The quantitative estimate of drug-likeness (QED) is 0.621. The molecule has 2 aliphatic heterocycles. The Hall–Kier alpha value is -3.39. The van der Waals surface area contributed by atoms with Crippen molar-refractivity contribution in [3.8, 4) is 11.5 Å². The number of carbonyl (C=O) groups excluding carboxylic acids is 2. The Labute approximate surface area is 183 Å². The minimum absolute atomic E-state index is 0.0849. The third kappa shape index (κ3) is 3.74. The molecule has 0 spiro atoms. The zero-order chi connectivity index (χ0) is 21.4. The largest absolute Gasteiger partial charge is 0.486 e. The molecule has 1 atom stereocenters. The van der Waals surface area contributed by atoms with Crippen LogP contribution in [-0.2, 0) is 9.59 Å². The molecule has 7 nitrogen and oxygen atoms in total. The number of ether oxygens (including phenoxy) is 2. The van der Waals surface area contributed by atoms with Crippen molar-refractivity contribution >= 4 is 39.7 Å². The first-order chi connectivity index (χ1) is 15.1. The fraction of sp³-hybridized carbons (Fsp3) is 0.261. The minimum Gasteiger partial charge on any atom is -0.486 e. The van der Waals surface area contributed by atoms with E-state index in [4.69, 9.17) is 9.47 Å². The number of anilines is 3. The first kappa shape index (κ1) is 19.6. The van der Waals surface area contributed by atoms with Crippen molar-refractivity contribution in [1.29, 1.82) is 0 Å². The van der Waals surface area contributed by atoms with Gasteiger partial charge in [-0.3, -0.25) is 14.5 Å². The average molecular weight is 436 g/mol. The molecule has 3 aromatic rings. The molecule has 158 valence electrons. The van der Waals surface area contributed by atoms with Gasteiger partial charge in [-0.25, -0.2) is 4.98 Å². The van der Waals surface area contributed by atoms with Crippen LogP contribution in [0.25, 0.3) is 0 Å². The summed E-state index contributed by atoms with van der Waals surface area (Å²) < 4.78 is 11.2. The summed E-state index contributed by atoms with van der Waals surface area (Å²) in [5.74, 6) is 0.608. The first-order valence-corrected chi connectivity index (χ1v) is 11.0. The van der Waals surface area contributed by atoms with Gasteiger partial charge in [-0.2, -0.15) is 0 Å². The van der Waals surface area contributed by atoms with Crippen LogP contribution in [0.15, 0.2) is 53.9 Å². The summed E-state index contributed by atoms with van der Waals surface area (Å²) in [6, 6.07) is 14.9. The SMILES string of the molecule is Cc1csc(N(C(=O)C2CC(=O)N(c3ccc4c(c3)OCCO4)C2)c2ccccc2)n1. The lowest BCUT2D eigenvalue weighted by Crippen LogP contribution is -2.34. The average Bonchev–Trinajstić information content (AvgIpc) is 3.40. The monoisotopic (exact) mass is 435 g/mol. The van der Waals surface area contributed by atoms with Gasteiger partial charge >= 0.3 is 0 Å². The molecule has 3 heterocycles. The highest BCUT2D eigenvalue weighted by atomic mass is 32.1. The van der Waals surface area contributed by atoms with Gasteiger partial charge in [-0.15, -0.1) is 11.3 Å². The maximum atomic E-state index is 13.6. The molecule has 8 heteroatoms. The van der Waals surface area contributed by atoms with Crippen LogP contribution >= 0.6 is 11.3 Å². The molecule has 0 N–H and O–H groups in total. The molecule has 1 unspecified atom stereocenters. The summed E-state index contributed by atoms with van der Waals surface area (Å²) in [5.41, 5.74) is 2.31. The molecule has 0 radical (unpaired) electrons. The molecule has 0 bridgehead atoms. The van der Waals surface area contributed by atoms with Crippen LogP contribution in [0.3, 0.4) is 0 Å². The van der Waals surface area contributed by atoms with Crippen LogP contribution in [0.4, 0.5) is 16.5 Å². The molecule has 1 aromatic heterocycles. The van der Waals surface area contributed by atoms with Gasteiger partial charge in [0, 0.05) is 30.1 Å². The van der Waals surface area contributed by atoms with Crippen molar-refractivity contribution < 1.29 is 19.1 Å². The van der Waals surface area contributed by atoms with Gasteiger partial charge in [-0.1, -0.05) is 18.2 Å². The third-order valence-electron chi connectivity index (χ3n) is 5.34. The number of hydrogen-bond donors (Lipinski definition) is 0. The van der Waals surface area contributed by atoms with Gasteiger partial charge < -0.3 is 14.4 Å². The van der Waals surface area contributed by atoms with E-state index in [1.165, 1.54) is 11.3 Å². The van der Waals surface area contributed by atoms with E-state index in [-0.39, 0.29) is 18.2 Å². The Bertz CT molecular complexity index is 1130. The minimum atomic E-state index is -0.467. The van der Waals surface area contributed by atoms with Crippen molar-refractivity contribution in [1.82, 2.24) is 4.98 Å². The maximum absolute atomic E-state index is 13.6. The lowest BCUT2D eigenvalue weighted by atomic mass is 10.1. The van der Waals surface area contributed by atoms with Crippen LogP contribution in [-0.4, -0.2) is 36.6 Å². The number of benzene rings is 2. The number of rotatable bonds is 4. The Balaban J connectivity index is 1.42. The second-order valence-electron chi connectivity index (χ2n) is 7.51. The first-order valence-electron chi connectivity index (χ1n) is 10.1. The highest BCUT2D eigenvalue weighted by Gasteiger charge is 2.39. The second kappa shape index (κ2) is 8.03. The highest BCUT2D eigenvalue weighted by Crippen LogP contribution is 2.37. The van der Waals surface area contributed by atoms with Crippen LogP contribution in [0.2, 0.25) is 0 Å². The van der Waals surface area contributed by atoms with Crippen molar-refractivity contribution in [3.63, 3.8) is 0 Å². The van der Waals surface area contributed by atoms with Gasteiger partial charge in [-0.05, 0) is 31.2 Å². The third-order valence-corrected chi connectivity index (χ3v) is 6.29. The van der Waals surface area contributed by atoms with Gasteiger partial charge in [0.05, 0.1) is 17.3 Å². The molecule has 0 aliphatic carbocycles. The molecule has 1 saturated heterocycles. The Morgan fingerprint density at radius 3 is 2.65 bits per heavy atom. The molecule has 0 saturated carbocycles. The molecule has 2 aliphatic rings. The van der Waals surface area contributed by atoms with E-state index >= 15 is 0 Å². The normalized spacial score (nSPS) is 17.6. The van der Waals surface area contributed by atoms with Gasteiger partial charge in [0.15, 0.2) is 16.6 Å². The zero-order valence-electron chi connectivity index (χ0n) is 17.0. The van der Waals surface area contributed by atoms with Crippen LogP contribution in [0.5, 0.6) is 11.5 Å². The summed E-state index contributed by atoms with van der Waals surface area (Å²) in [7, 11) is 0. The van der Waals surface area contributed by atoms with Gasteiger partial charge in [0.2, 0.25) is 11.8 Å². The summed E-state index contributed by atoms with van der Waals surface area (Å²) in [6.07, 6.45) is 0.154. The Morgan fingerprint density at radius 2 is 1.90 bits per heavy atom. The van der Waals surface area contributed by atoms with E-state index in [2.05, 4.69) is 4.98 Å². The predicted octanol–water partition coefficient (Wildman–Crippen LogP) is 3.94. The van der Waals surface area contributed by atoms with Crippen molar-refractivity contribution in [2.24, 2.45) is 5.92 Å². The standard InChI is InChI=1S/C23H21N3O4S/c1-15-14-31-23(24-15)26(17-5-3-2-4-6-17)22(28)16-11-21(27)25(13-16)18-7-8-19-20(12-18)30-10-9-29-19/h2-8,12,14,16H,9-11,13H2,1H3. The van der Waals surface area contributed by atoms with Gasteiger partial charge in [0.25, 0.3) is 0 Å². The van der Waals surface area contributed by atoms with E-state index in [9.17, 15) is 9.59 Å². The van der Waals surface area contributed by atoms with Crippen molar-refractivity contribution in [2.45, 2.75) is 13.3 Å². The van der Waals surface area contributed by atoms with E-state index < -0.39 is 5.92 Å². The Morgan fingerprint density at radius 1 is 1.13 bits per heavy atom.